The molecule has 0 aromatic heterocycles. The Kier molecular flexibility index (Phi) is 2.79. The van der Waals surface area contributed by atoms with E-state index in [1.165, 1.54) is 50.6 Å². The number of aryl methyl sites for hydroxylation is 1. The van der Waals surface area contributed by atoms with Crippen LogP contribution in [0.4, 0.5) is 0 Å². The lowest BCUT2D eigenvalue weighted by molar-refractivity contribution is -0.0699. The van der Waals surface area contributed by atoms with E-state index in [9.17, 15) is 0 Å². The van der Waals surface area contributed by atoms with Crippen molar-refractivity contribution < 1.29 is 0 Å². The van der Waals surface area contributed by atoms with E-state index in [-0.39, 0.29) is 0 Å². The highest BCUT2D eigenvalue weighted by Crippen LogP contribution is 2.65. The average Bonchev–Trinajstić information content (AvgIpc) is 2.37. The molecule has 20 heavy (non-hydrogen) atoms. The minimum absolute atomic E-state index is 0.509. The van der Waals surface area contributed by atoms with Crippen molar-refractivity contribution >= 4 is 0 Å². The Morgan fingerprint density at radius 3 is 2.30 bits per heavy atom. The number of hydrogen-bond donors (Lipinski definition) is 1. The van der Waals surface area contributed by atoms with Crippen molar-refractivity contribution in [3.63, 3.8) is 0 Å². The van der Waals surface area contributed by atoms with Crippen LogP contribution >= 0.6 is 0 Å². The maximum absolute atomic E-state index is 3.50. The number of benzene rings is 1. The molecule has 0 aliphatic heterocycles. The van der Waals surface area contributed by atoms with Crippen molar-refractivity contribution in [1.82, 2.24) is 5.32 Å². The van der Waals surface area contributed by atoms with E-state index < -0.39 is 0 Å². The van der Waals surface area contributed by atoms with E-state index >= 15 is 0 Å². The molecule has 0 radical (unpaired) electrons. The van der Waals surface area contributed by atoms with Gasteiger partial charge in [0, 0.05) is 6.54 Å². The zero-order chi connectivity index (χ0) is 13.8. The summed E-state index contributed by atoms with van der Waals surface area (Å²) in [5.41, 5.74) is 4.14. The monoisotopic (exact) mass is 269 g/mol. The van der Waals surface area contributed by atoms with Gasteiger partial charge >= 0.3 is 0 Å². The second-order valence-electron chi connectivity index (χ2n) is 8.14. The van der Waals surface area contributed by atoms with Crippen LogP contribution in [0.15, 0.2) is 24.3 Å². The Morgan fingerprint density at radius 2 is 1.70 bits per heavy atom. The summed E-state index contributed by atoms with van der Waals surface area (Å²) in [6.07, 6.45) is 8.82. The predicted molar refractivity (Wildman–Crippen MR) is 83.9 cm³/mol. The molecule has 4 aliphatic rings. The standard InChI is InChI=1S/C19H27N/c1-14-3-5-17(6-4-14)19-10-15-7-16(11-19)9-18(8-15,12-19)13-20-2/h3-6,15-16,20H,7-13H2,1-2H3/t15-,16-,18?,19?/m0/s1. The highest BCUT2D eigenvalue weighted by Gasteiger charge is 2.57. The molecule has 1 nitrogen and oxygen atoms in total. The first-order valence-corrected chi connectivity index (χ1v) is 8.35. The van der Waals surface area contributed by atoms with Crippen LogP contribution in [0.2, 0.25) is 0 Å². The van der Waals surface area contributed by atoms with Crippen LogP contribution in [-0.4, -0.2) is 13.6 Å². The molecule has 0 spiro atoms. The minimum atomic E-state index is 0.509. The van der Waals surface area contributed by atoms with Gasteiger partial charge in [0.2, 0.25) is 0 Å². The Labute approximate surface area is 123 Å². The second kappa shape index (κ2) is 4.34. The van der Waals surface area contributed by atoms with Gasteiger partial charge in [0.05, 0.1) is 0 Å². The number of nitrogens with one attached hydrogen (secondary N) is 1. The largest absolute Gasteiger partial charge is 0.319 e. The SMILES string of the molecule is CNCC12C[C@@H]3C[C@@H](C1)CC(c1ccc(C)cc1)(C3)C2. The molecule has 1 heteroatoms. The van der Waals surface area contributed by atoms with E-state index in [2.05, 4.69) is 43.6 Å². The van der Waals surface area contributed by atoms with Crippen LogP contribution in [0, 0.1) is 24.2 Å². The lowest BCUT2D eigenvalue weighted by atomic mass is 9.43. The molecule has 1 aromatic carbocycles. The highest BCUT2D eigenvalue weighted by molar-refractivity contribution is 5.32. The molecule has 1 N–H and O–H groups in total. The Balaban J connectivity index is 1.73. The molecule has 108 valence electrons. The second-order valence-corrected chi connectivity index (χ2v) is 8.14. The van der Waals surface area contributed by atoms with E-state index in [1.807, 2.05) is 0 Å². The Morgan fingerprint density at radius 1 is 1.05 bits per heavy atom. The number of hydrogen-bond acceptors (Lipinski definition) is 1. The minimum Gasteiger partial charge on any atom is -0.319 e. The van der Waals surface area contributed by atoms with Gasteiger partial charge < -0.3 is 5.32 Å². The first-order valence-electron chi connectivity index (χ1n) is 8.35. The van der Waals surface area contributed by atoms with E-state index in [0.29, 0.717) is 10.8 Å². The van der Waals surface area contributed by atoms with Gasteiger partial charge in [0.25, 0.3) is 0 Å². The van der Waals surface area contributed by atoms with Gasteiger partial charge in [-0.05, 0) is 80.7 Å². The molecule has 5 rings (SSSR count). The lowest BCUT2D eigenvalue weighted by Crippen LogP contribution is -2.56. The van der Waals surface area contributed by atoms with E-state index in [1.54, 1.807) is 5.56 Å². The zero-order valence-electron chi connectivity index (χ0n) is 12.9. The third-order valence-electron chi connectivity index (χ3n) is 6.40. The fraction of sp³-hybridized carbons (Fsp3) is 0.684. The van der Waals surface area contributed by atoms with Crippen LogP contribution in [-0.2, 0) is 5.41 Å². The van der Waals surface area contributed by atoms with Crippen molar-refractivity contribution in [2.24, 2.45) is 17.3 Å². The molecule has 0 heterocycles. The summed E-state index contributed by atoms with van der Waals surface area (Å²) < 4.78 is 0. The van der Waals surface area contributed by atoms with E-state index in [4.69, 9.17) is 0 Å². The van der Waals surface area contributed by atoms with Crippen molar-refractivity contribution in [3.05, 3.63) is 35.4 Å². The summed E-state index contributed by atoms with van der Waals surface area (Å²) >= 11 is 0. The topological polar surface area (TPSA) is 12.0 Å². The van der Waals surface area contributed by atoms with Gasteiger partial charge in [-0.25, -0.2) is 0 Å². The maximum Gasteiger partial charge on any atom is 0.000533 e. The molecular formula is C19H27N. The summed E-state index contributed by atoms with van der Waals surface area (Å²) in [6, 6.07) is 9.49. The smallest absolute Gasteiger partial charge is 0.000533 e. The van der Waals surface area contributed by atoms with Gasteiger partial charge in [-0.2, -0.15) is 0 Å². The molecule has 4 fully saturated rings. The van der Waals surface area contributed by atoms with Crippen LogP contribution in [0.3, 0.4) is 0 Å². The van der Waals surface area contributed by atoms with Crippen molar-refractivity contribution in [3.8, 4) is 0 Å². The van der Waals surface area contributed by atoms with Crippen LogP contribution in [0.5, 0.6) is 0 Å². The quantitative estimate of drug-likeness (QED) is 0.873. The first-order chi connectivity index (χ1) is 9.63. The molecule has 1 aromatic rings. The third kappa shape index (κ3) is 1.86. The van der Waals surface area contributed by atoms with Gasteiger partial charge in [-0.1, -0.05) is 29.8 Å². The molecule has 4 bridgehead atoms. The molecule has 4 saturated carbocycles. The molecule has 0 unspecified atom stereocenters. The zero-order valence-corrected chi connectivity index (χ0v) is 12.9. The lowest BCUT2D eigenvalue weighted by Gasteiger charge is -2.62. The van der Waals surface area contributed by atoms with Crippen LogP contribution in [0.1, 0.15) is 49.7 Å². The Bertz CT molecular complexity index is 487. The maximum atomic E-state index is 3.50. The van der Waals surface area contributed by atoms with Crippen molar-refractivity contribution in [2.75, 3.05) is 13.6 Å². The summed E-state index contributed by atoms with van der Waals surface area (Å²) in [7, 11) is 2.14. The Hall–Kier alpha value is -0.820. The normalized spacial score (nSPS) is 42.1. The van der Waals surface area contributed by atoms with Gasteiger partial charge in [0.1, 0.15) is 0 Å². The average molecular weight is 269 g/mol. The fourth-order valence-corrected chi connectivity index (χ4v) is 6.28. The molecule has 0 saturated heterocycles. The van der Waals surface area contributed by atoms with Crippen molar-refractivity contribution in [2.45, 2.75) is 50.9 Å². The first kappa shape index (κ1) is 12.9. The molecule has 2 atom stereocenters. The van der Waals surface area contributed by atoms with Crippen LogP contribution in [0.25, 0.3) is 0 Å². The highest BCUT2D eigenvalue weighted by atomic mass is 14.8. The molecule has 4 aliphatic carbocycles. The summed E-state index contributed by atoms with van der Waals surface area (Å²) in [4.78, 5) is 0. The molecular weight excluding hydrogens is 242 g/mol. The van der Waals surface area contributed by atoms with Gasteiger partial charge in [-0.15, -0.1) is 0 Å². The number of rotatable bonds is 3. The summed E-state index contributed by atoms with van der Waals surface area (Å²) in [6.45, 7) is 3.43. The third-order valence-corrected chi connectivity index (χ3v) is 6.40. The summed E-state index contributed by atoms with van der Waals surface area (Å²) in [5, 5.41) is 3.50. The van der Waals surface area contributed by atoms with Crippen LogP contribution < -0.4 is 5.32 Å². The van der Waals surface area contributed by atoms with Crippen molar-refractivity contribution in [1.29, 1.82) is 0 Å². The fourth-order valence-electron chi connectivity index (χ4n) is 6.28. The predicted octanol–water partition coefficient (Wildman–Crippen LogP) is 4.05. The van der Waals surface area contributed by atoms with Gasteiger partial charge in [0.15, 0.2) is 0 Å². The van der Waals surface area contributed by atoms with Gasteiger partial charge in [-0.3, -0.25) is 0 Å². The van der Waals surface area contributed by atoms with E-state index in [0.717, 1.165) is 11.8 Å². The summed E-state index contributed by atoms with van der Waals surface area (Å²) in [5.74, 6) is 1.98. The molecule has 0 amide bonds.